The van der Waals surface area contributed by atoms with Gasteiger partial charge in [0.05, 0.1) is 11.3 Å². The molecule has 0 aliphatic heterocycles. The van der Waals surface area contributed by atoms with Gasteiger partial charge in [0.15, 0.2) is 0 Å². The van der Waals surface area contributed by atoms with Crippen LogP contribution in [0.1, 0.15) is 33.3 Å². The summed E-state index contributed by atoms with van der Waals surface area (Å²) in [5.74, 6) is -2.32. The standard InChI is InChI=1S/C16H15N3O5S/c1-2-4-10-5-3-6-13(14(10)17)25(23,24)19-15(20)12-9-11(16(21)22)7-8-18-12/h2-9H,17H2,1H3,(H,19,20)(H,21,22). The van der Waals surface area contributed by atoms with E-state index >= 15 is 0 Å². The number of nitrogens with two attached hydrogens (primary N) is 1. The maximum atomic E-state index is 12.4. The van der Waals surface area contributed by atoms with Gasteiger partial charge in [-0.25, -0.2) is 17.9 Å². The molecule has 0 radical (unpaired) electrons. The smallest absolute Gasteiger partial charge is 0.335 e. The van der Waals surface area contributed by atoms with Crippen LogP contribution in [-0.4, -0.2) is 30.4 Å². The highest BCUT2D eigenvalue weighted by Crippen LogP contribution is 2.23. The third kappa shape index (κ3) is 4.01. The summed E-state index contributed by atoms with van der Waals surface area (Å²) in [6.45, 7) is 1.75. The maximum Gasteiger partial charge on any atom is 0.335 e. The molecule has 8 nitrogen and oxygen atoms in total. The van der Waals surface area contributed by atoms with Crippen LogP contribution < -0.4 is 10.5 Å². The monoisotopic (exact) mass is 361 g/mol. The van der Waals surface area contributed by atoms with Crippen LogP contribution in [0.4, 0.5) is 5.69 Å². The number of nitrogens with zero attached hydrogens (tertiary/aromatic N) is 1. The van der Waals surface area contributed by atoms with Crippen LogP contribution in [0.25, 0.3) is 6.08 Å². The van der Waals surface area contributed by atoms with Crippen molar-refractivity contribution in [2.24, 2.45) is 0 Å². The zero-order valence-corrected chi connectivity index (χ0v) is 13.9. The number of amides is 1. The van der Waals surface area contributed by atoms with Gasteiger partial charge in [-0.05, 0) is 30.7 Å². The second-order valence-corrected chi connectivity index (χ2v) is 6.58. The number of carboxylic acids is 1. The van der Waals surface area contributed by atoms with Gasteiger partial charge in [-0.3, -0.25) is 9.78 Å². The third-order valence-corrected chi connectivity index (χ3v) is 4.59. The second kappa shape index (κ2) is 7.14. The molecule has 0 aliphatic carbocycles. The number of hydrogen-bond donors (Lipinski definition) is 3. The number of hydrogen-bond acceptors (Lipinski definition) is 6. The highest BCUT2D eigenvalue weighted by atomic mass is 32.2. The lowest BCUT2D eigenvalue weighted by atomic mass is 10.2. The van der Waals surface area contributed by atoms with E-state index in [1.165, 1.54) is 18.2 Å². The highest BCUT2D eigenvalue weighted by molar-refractivity contribution is 7.90. The fourth-order valence-corrected chi connectivity index (χ4v) is 3.16. The number of pyridine rings is 1. The van der Waals surface area contributed by atoms with Crippen molar-refractivity contribution in [2.45, 2.75) is 11.8 Å². The van der Waals surface area contributed by atoms with Crippen LogP contribution in [-0.2, 0) is 10.0 Å². The van der Waals surface area contributed by atoms with Gasteiger partial charge in [0, 0.05) is 6.20 Å². The van der Waals surface area contributed by atoms with Crippen LogP contribution >= 0.6 is 0 Å². The van der Waals surface area contributed by atoms with Crippen molar-refractivity contribution in [1.82, 2.24) is 9.71 Å². The molecule has 0 spiro atoms. The molecule has 2 rings (SSSR count). The largest absolute Gasteiger partial charge is 0.478 e. The summed E-state index contributed by atoms with van der Waals surface area (Å²) in [6, 6.07) is 6.56. The normalized spacial score (nSPS) is 11.4. The average Bonchev–Trinajstić information content (AvgIpc) is 2.56. The molecule has 1 amide bonds. The SMILES string of the molecule is CC=Cc1cccc(S(=O)(=O)NC(=O)c2cc(C(=O)O)ccn2)c1N. The van der Waals surface area contributed by atoms with Gasteiger partial charge in [0.25, 0.3) is 15.9 Å². The number of benzene rings is 1. The van der Waals surface area contributed by atoms with Crippen molar-refractivity contribution in [2.75, 3.05) is 5.73 Å². The summed E-state index contributed by atoms with van der Waals surface area (Å²) in [5.41, 5.74) is 5.81. The van der Waals surface area contributed by atoms with E-state index in [-0.39, 0.29) is 21.8 Å². The Labute approximate surface area is 144 Å². The summed E-state index contributed by atoms with van der Waals surface area (Å²) in [4.78, 5) is 26.5. The van der Waals surface area contributed by atoms with E-state index in [0.717, 1.165) is 12.3 Å². The molecule has 0 saturated heterocycles. The third-order valence-electron chi connectivity index (χ3n) is 3.20. The number of carboxylic acid groups (broad SMARTS) is 1. The first-order valence-electron chi connectivity index (χ1n) is 7.04. The molecular weight excluding hydrogens is 346 g/mol. The molecule has 0 fully saturated rings. The van der Waals surface area contributed by atoms with Crippen molar-refractivity contribution in [3.05, 3.63) is 59.4 Å². The average molecular weight is 361 g/mol. The lowest BCUT2D eigenvalue weighted by Gasteiger charge is -2.11. The zero-order chi connectivity index (χ0) is 18.6. The first-order chi connectivity index (χ1) is 11.8. The minimum absolute atomic E-state index is 0.00635. The molecule has 9 heteroatoms. The molecule has 25 heavy (non-hydrogen) atoms. The predicted octanol–water partition coefficient (Wildman–Crippen LogP) is 1.51. The lowest BCUT2D eigenvalue weighted by molar-refractivity contribution is 0.0696. The summed E-state index contributed by atoms with van der Waals surface area (Å²) >= 11 is 0. The number of rotatable bonds is 5. The number of carbonyl (C=O) groups excluding carboxylic acids is 1. The Hall–Kier alpha value is -3.20. The first-order valence-corrected chi connectivity index (χ1v) is 8.52. The van der Waals surface area contributed by atoms with E-state index < -0.39 is 21.9 Å². The predicted molar refractivity (Wildman–Crippen MR) is 91.4 cm³/mol. The Kier molecular flexibility index (Phi) is 5.18. The van der Waals surface area contributed by atoms with Gasteiger partial charge in [0.1, 0.15) is 10.6 Å². The fourth-order valence-electron chi connectivity index (χ4n) is 2.04. The summed E-state index contributed by atoms with van der Waals surface area (Å²) in [6.07, 6.45) is 4.43. The number of allylic oxidation sites excluding steroid dienone is 1. The molecule has 4 N–H and O–H groups in total. The summed E-state index contributed by atoms with van der Waals surface area (Å²) in [5, 5.41) is 8.92. The van der Waals surface area contributed by atoms with E-state index in [4.69, 9.17) is 10.8 Å². The Morgan fingerprint density at radius 1 is 1.28 bits per heavy atom. The quantitative estimate of drug-likeness (QED) is 0.686. The highest BCUT2D eigenvalue weighted by Gasteiger charge is 2.23. The topological polar surface area (TPSA) is 139 Å². The number of aromatic carboxylic acids is 1. The van der Waals surface area contributed by atoms with Crippen LogP contribution in [0.5, 0.6) is 0 Å². The number of anilines is 1. The molecule has 1 aromatic heterocycles. The van der Waals surface area contributed by atoms with E-state index in [2.05, 4.69) is 4.98 Å². The van der Waals surface area contributed by atoms with Crippen LogP contribution in [0.15, 0.2) is 47.5 Å². The molecule has 0 aliphatic rings. The Morgan fingerprint density at radius 2 is 2.00 bits per heavy atom. The Bertz CT molecular complexity index is 967. The Balaban J connectivity index is 2.36. The molecule has 0 atom stereocenters. The van der Waals surface area contributed by atoms with Gasteiger partial charge in [0.2, 0.25) is 0 Å². The van der Waals surface area contributed by atoms with Crippen molar-refractivity contribution < 1.29 is 23.1 Å². The van der Waals surface area contributed by atoms with Crippen LogP contribution in [0.3, 0.4) is 0 Å². The first kappa shape index (κ1) is 18.1. The van der Waals surface area contributed by atoms with Gasteiger partial charge >= 0.3 is 5.97 Å². The van der Waals surface area contributed by atoms with Crippen molar-refractivity contribution in [3.63, 3.8) is 0 Å². The number of nitrogen functional groups attached to an aromatic ring is 1. The summed E-state index contributed by atoms with van der Waals surface area (Å²) in [7, 11) is -4.26. The molecule has 130 valence electrons. The number of carbonyl (C=O) groups is 2. The molecular formula is C16H15N3O5S. The zero-order valence-electron chi connectivity index (χ0n) is 13.1. The van der Waals surface area contributed by atoms with E-state index in [9.17, 15) is 18.0 Å². The molecule has 1 heterocycles. The van der Waals surface area contributed by atoms with Gasteiger partial charge in [-0.1, -0.05) is 24.3 Å². The van der Waals surface area contributed by atoms with Crippen LogP contribution in [0.2, 0.25) is 0 Å². The number of nitrogens with one attached hydrogen (secondary N) is 1. The molecule has 0 saturated carbocycles. The lowest BCUT2D eigenvalue weighted by Crippen LogP contribution is -2.32. The fraction of sp³-hybridized carbons (Fsp3) is 0.0625. The van der Waals surface area contributed by atoms with Gasteiger partial charge in [-0.15, -0.1) is 0 Å². The van der Waals surface area contributed by atoms with E-state index in [1.807, 2.05) is 4.72 Å². The van der Waals surface area contributed by atoms with Crippen LogP contribution in [0, 0.1) is 0 Å². The van der Waals surface area contributed by atoms with E-state index in [0.29, 0.717) is 5.56 Å². The number of sulfonamides is 1. The van der Waals surface area contributed by atoms with Crippen molar-refractivity contribution >= 4 is 33.7 Å². The molecule has 0 bridgehead atoms. The van der Waals surface area contributed by atoms with Gasteiger partial charge in [-0.2, -0.15) is 0 Å². The molecule has 1 aromatic carbocycles. The van der Waals surface area contributed by atoms with E-state index in [1.54, 1.807) is 25.1 Å². The maximum absolute atomic E-state index is 12.4. The summed E-state index contributed by atoms with van der Waals surface area (Å²) < 4.78 is 26.7. The second-order valence-electron chi connectivity index (χ2n) is 4.93. The number of aromatic nitrogens is 1. The molecule has 0 unspecified atom stereocenters. The van der Waals surface area contributed by atoms with Gasteiger partial charge < -0.3 is 10.8 Å². The number of para-hydroxylation sites is 1. The van der Waals surface area contributed by atoms with Crippen molar-refractivity contribution in [1.29, 1.82) is 0 Å². The Morgan fingerprint density at radius 3 is 2.64 bits per heavy atom. The minimum Gasteiger partial charge on any atom is -0.478 e. The molecule has 2 aromatic rings. The van der Waals surface area contributed by atoms with Crippen molar-refractivity contribution in [3.8, 4) is 0 Å². The minimum atomic E-state index is -4.26.